The molecule has 306 valence electrons. The molecule has 0 spiro atoms. The molecule has 16 nitrogen and oxygen atoms in total. The summed E-state index contributed by atoms with van der Waals surface area (Å²) >= 11 is 4.02. The molecule has 0 aliphatic carbocycles. The average Bonchev–Trinajstić information content (AvgIpc) is 3.57. The van der Waals surface area contributed by atoms with Crippen molar-refractivity contribution in [2.75, 3.05) is 12.3 Å². The number of para-hydroxylation sites is 1. The number of aliphatic carboxylic acids is 1. The van der Waals surface area contributed by atoms with Gasteiger partial charge in [-0.05, 0) is 67.0 Å². The van der Waals surface area contributed by atoms with Gasteiger partial charge in [-0.25, -0.2) is 4.79 Å². The summed E-state index contributed by atoms with van der Waals surface area (Å²) in [5, 5.41) is 33.4. The minimum absolute atomic E-state index is 0.0154. The van der Waals surface area contributed by atoms with Gasteiger partial charge in [-0.2, -0.15) is 12.6 Å². The SMILES string of the molecule is CC(C)[C@H](N)C(=O)N[C@@H](Cc1ccc(O)cc1)C(=O)N[C@H](C(=O)N[C@@H](Cc1c[nH]c2ccccc12)C(=O)N[C@@H](CCCCN)C(=O)N[C@@H](CS)C(=O)O)C(C)C. The maximum Gasteiger partial charge on any atom is 0.327 e. The number of carboxylic acid groups (broad SMARTS) is 1. The van der Waals surface area contributed by atoms with Crippen LogP contribution in [0.4, 0.5) is 0 Å². The van der Waals surface area contributed by atoms with Gasteiger partial charge in [0.05, 0.1) is 6.04 Å². The molecule has 0 aliphatic heterocycles. The number of fused-ring (bicyclic) bond motifs is 1. The molecule has 0 fully saturated rings. The monoisotopic (exact) mass is 796 g/mol. The van der Waals surface area contributed by atoms with Gasteiger partial charge in [0.25, 0.3) is 0 Å². The zero-order valence-corrected chi connectivity index (χ0v) is 33.1. The van der Waals surface area contributed by atoms with Crippen molar-refractivity contribution in [1.29, 1.82) is 0 Å². The number of hydrogen-bond donors (Lipinski definition) is 11. The van der Waals surface area contributed by atoms with E-state index >= 15 is 0 Å². The summed E-state index contributed by atoms with van der Waals surface area (Å²) in [7, 11) is 0. The van der Waals surface area contributed by atoms with Gasteiger partial charge in [0.15, 0.2) is 0 Å². The number of aromatic hydroxyl groups is 1. The number of aromatic nitrogens is 1. The summed E-state index contributed by atoms with van der Waals surface area (Å²) in [6, 6.07) is 6.52. The van der Waals surface area contributed by atoms with E-state index in [-0.39, 0.29) is 36.7 Å². The van der Waals surface area contributed by atoms with Gasteiger partial charge in [0, 0.05) is 35.7 Å². The summed E-state index contributed by atoms with van der Waals surface area (Å²) in [6.07, 6.45) is 2.84. The van der Waals surface area contributed by atoms with E-state index in [4.69, 9.17) is 11.5 Å². The Balaban J connectivity index is 1.93. The molecular weight excluding hydrogens is 741 g/mol. The smallest absolute Gasteiger partial charge is 0.327 e. The van der Waals surface area contributed by atoms with E-state index in [1.165, 1.54) is 12.1 Å². The maximum absolute atomic E-state index is 14.1. The molecule has 0 aliphatic rings. The highest BCUT2D eigenvalue weighted by atomic mass is 32.1. The third kappa shape index (κ3) is 13.3. The van der Waals surface area contributed by atoms with E-state index in [1.54, 1.807) is 46.0 Å². The Morgan fingerprint density at radius 3 is 1.89 bits per heavy atom. The van der Waals surface area contributed by atoms with Gasteiger partial charge in [0.1, 0.15) is 36.0 Å². The molecule has 0 bridgehead atoms. The number of phenols is 1. The maximum atomic E-state index is 14.1. The largest absolute Gasteiger partial charge is 0.508 e. The molecule has 2 aromatic carbocycles. The highest BCUT2D eigenvalue weighted by Crippen LogP contribution is 2.20. The lowest BCUT2D eigenvalue weighted by atomic mass is 9.98. The first-order chi connectivity index (χ1) is 26.6. The van der Waals surface area contributed by atoms with Crippen LogP contribution in [-0.4, -0.2) is 99.3 Å². The van der Waals surface area contributed by atoms with Crippen molar-refractivity contribution in [1.82, 2.24) is 31.6 Å². The number of carboxylic acids is 1. The number of carbonyl (C=O) groups is 6. The van der Waals surface area contributed by atoms with Crippen molar-refractivity contribution in [3.05, 3.63) is 65.9 Å². The van der Waals surface area contributed by atoms with Crippen LogP contribution in [0.3, 0.4) is 0 Å². The number of hydrogen-bond acceptors (Lipinski definition) is 10. The Labute approximate surface area is 332 Å². The van der Waals surface area contributed by atoms with Crippen LogP contribution in [-0.2, 0) is 41.6 Å². The highest BCUT2D eigenvalue weighted by molar-refractivity contribution is 7.80. The van der Waals surface area contributed by atoms with Gasteiger partial charge in [-0.15, -0.1) is 0 Å². The van der Waals surface area contributed by atoms with Gasteiger partial charge >= 0.3 is 5.97 Å². The third-order valence-corrected chi connectivity index (χ3v) is 9.75. The van der Waals surface area contributed by atoms with Crippen LogP contribution in [0.1, 0.15) is 58.1 Å². The molecular formula is C39H56N8O8S. The number of thiol groups is 1. The number of unbranched alkanes of at least 4 members (excludes halogenated alkanes) is 1. The zero-order valence-electron chi connectivity index (χ0n) is 32.2. The number of amides is 5. The van der Waals surface area contributed by atoms with Crippen molar-refractivity contribution in [3.8, 4) is 5.75 Å². The quantitative estimate of drug-likeness (QED) is 0.0505. The number of carbonyl (C=O) groups excluding carboxylic acids is 5. The molecule has 3 aromatic rings. The normalized spacial score (nSPS) is 14.6. The van der Waals surface area contributed by atoms with E-state index in [9.17, 15) is 39.0 Å². The second-order valence-corrected chi connectivity index (χ2v) is 14.8. The summed E-state index contributed by atoms with van der Waals surface area (Å²) in [5.74, 6) is -5.58. The van der Waals surface area contributed by atoms with Crippen molar-refractivity contribution in [3.63, 3.8) is 0 Å². The number of phenolic OH excluding ortho intramolecular Hbond substituents is 1. The first-order valence-electron chi connectivity index (χ1n) is 18.7. The fourth-order valence-electron chi connectivity index (χ4n) is 5.92. The number of aromatic amines is 1. The number of benzene rings is 2. The minimum Gasteiger partial charge on any atom is -0.508 e. The average molecular weight is 797 g/mol. The topological polar surface area (TPSA) is 271 Å². The standard InChI is InChI=1S/C39H56N8O8S/c1-21(2)32(41)37(52)44-29(17-23-12-14-25(48)15-13-23)36(51)47-33(22(3)4)38(53)45-30(18-24-19-42-27-10-6-5-9-26(24)27)35(50)43-28(11-7-8-16-40)34(49)46-31(20-56)39(54)55/h5-6,9-10,12-15,19,21-22,28-33,42,48,56H,7-8,11,16-18,20,40-41H2,1-4H3,(H,43,50)(H,44,52)(H,45,53)(H,46,49)(H,47,51)(H,54,55)/t28-,29-,30-,31-,32-,33-/m0/s1. The predicted octanol–water partition coefficient (Wildman–Crippen LogP) is 0.865. The molecule has 1 heterocycles. The fraction of sp³-hybridized carbons (Fsp3) is 0.487. The second-order valence-electron chi connectivity index (χ2n) is 14.5. The molecule has 3 rings (SSSR count). The van der Waals surface area contributed by atoms with E-state index in [0.29, 0.717) is 30.5 Å². The molecule has 56 heavy (non-hydrogen) atoms. The number of H-pyrrole nitrogens is 1. The van der Waals surface area contributed by atoms with Gasteiger partial charge < -0.3 is 53.2 Å². The Kier molecular flexibility index (Phi) is 17.6. The van der Waals surface area contributed by atoms with Crippen LogP contribution in [0, 0.1) is 11.8 Å². The van der Waals surface area contributed by atoms with Crippen molar-refractivity contribution in [2.24, 2.45) is 23.3 Å². The Hall–Kier alpha value is -5.13. The third-order valence-electron chi connectivity index (χ3n) is 9.39. The van der Waals surface area contributed by atoms with Crippen molar-refractivity contribution < 1.29 is 39.0 Å². The first kappa shape index (κ1) is 45.3. The molecule has 0 radical (unpaired) electrons. The van der Waals surface area contributed by atoms with Gasteiger partial charge in [-0.3, -0.25) is 24.0 Å². The van der Waals surface area contributed by atoms with Crippen LogP contribution in [0.5, 0.6) is 5.75 Å². The van der Waals surface area contributed by atoms with Gasteiger partial charge in [0.2, 0.25) is 29.5 Å². The molecule has 6 atom stereocenters. The number of nitrogens with two attached hydrogens (primary N) is 2. The predicted molar refractivity (Wildman–Crippen MR) is 216 cm³/mol. The Bertz CT molecular complexity index is 1800. The molecule has 12 N–H and O–H groups in total. The van der Waals surface area contributed by atoms with Crippen LogP contribution >= 0.6 is 12.6 Å². The zero-order chi connectivity index (χ0) is 41.5. The lowest BCUT2D eigenvalue weighted by molar-refractivity contribution is -0.141. The second kappa shape index (κ2) is 21.8. The molecule has 17 heteroatoms. The minimum atomic E-state index is -1.30. The molecule has 5 amide bonds. The van der Waals surface area contributed by atoms with Crippen molar-refractivity contribution >= 4 is 59.0 Å². The number of rotatable bonds is 22. The lowest BCUT2D eigenvalue weighted by Gasteiger charge is -2.29. The Morgan fingerprint density at radius 1 is 0.714 bits per heavy atom. The first-order valence-corrected chi connectivity index (χ1v) is 19.3. The van der Waals surface area contributed by atoms with E-state index in [1.807, 2.05) is 24.3 Å². The Morgan fingerprint density at radius 2 is 1.29 bits per heavy atom. The van der Waals surface area contributed by atoms with Crippen molar-refractivity contribution in [2.45, 2.75) is 96.1 Å². The summed E-state index contributed by atoms with van der Waals surface area (Å²) in [4.78, 5) is 83.4. The van der Waals surface area contributed by atoms with Crippen LogP contribution in [0.2, 0.25) is 0 Å². The lowest BCUT2D eigenvalue weighted by Crippen LogP contribution is -2.61. The van der Waals surface area contributed by atoms with E-state index in [0.717, 1.165) is 10.9 Å². The molecule has 0 unspecified atom stereocenters. The highest BCUT2D eigenvalue weighted by Gasteiger charge is 2.34. The van der Waals surface area contributed by atoms with Crippen LogP contribution in [0.25, 0.3) is 10.9 Å². The summed E-state index contributed by atoms with van der Waals surface area (Å²) in [5.41, 5.74) is 13.9. The van der Waals surface area contributed by atoms with Crippen LogP contribution < -0.4 is 38.1 Å². The summed E-state index contributed by atoms with van der Waals surface area (Å²) in [6.45, 7) is 7.29. The number of nitrogens with one attached hydrogen (secondary N) is 6. The molecule has 1 aromatic heterocycles. The summed E-state index contributed by atoms with van der Waals surface area (Å²) < 4.78 is 0. The molecule has 0 saturated heterocycles. The molecule has 0 saturated carbocycles. The van der Waals surface area contributed by atoms with Gasteiger partial charge in [-0.1, -0.05) is 58.0 Å². The van der Waals surface area contributed by atoms with E-state index in [2.05, 4.69) is 44.2 Å². The van der Waals surface area contributed by atoms with E-state index < -0.39 is 77.7 Å². The van der Waals surface area contributed by atoms with Crippen LogP contribution in [0.15, 0.2) is 54.7 Å². The fourth-order valence-corrected chi connectivity index (χ4v) is 6.17.